The third kappa shape index (κ3) is 6.51. The lowest BCUT2D eigenvalue weighted by Crippen LogP contribution is -2.54. The van der Waals surface area contributed by atoms with E-state index in [0.29, 0.717) is 19.4 Å². The van der Waals surface area contributed by atoms with Crippen LogP contribution in [-0.4, -0.2) is 76.0 Å². The van der Waals surface area contributed by atoms with Gasteiger partial charge in [0, 0.05) is 6.54 Å². The summed E-state index contributed by atoms with van der Waals surface area (Å²) in [5, 5.41) is 21.9. The van der Waals surface area contributed by atoms with Crippen LogP contribution in [-0.2, 0) is 24.0 Å². The van der Waals surface area contributed by atoms with E-state index >= 15 is 0 Å². The van der Waals surface area contributed by atoms with Crippen molar-refractivity contribution in [2.45, 2.75) is 51.2 Å². The number of carboxylic acid groups (broad SMARTS) is 2. The number of nitrogens with zero attached hydrogens (tertiary/aromatic N) is 1. The van der Waals surface area contributed by atoms with E-state index < -0.39 is 54.8 Å². The molecule has 3 unspecified atom stereocenters. The summed E-state index contributed by atoms with van der Waals surface area (Å²) >= 11 is 0. The third-order valence-corrected chi connectivity index (χ3v) is 4.28. The van der Waals surface area contributed by atoms with Crippen molar-refractivity contribution in [2.24, 2.45) is 11.7 Å². The number of hydrogen-bond donors (Lipinski definition) is 5. The van der Waals surface area contributed by atoms with E-state index in [1.54, 1.807) is 13.8 Å². The van der Waals surface area contributed by atoms with Gasteiger partial charge >= 0.3 is 11.9 Å². The van der Waals surface area contributed by atoms with Crippen molar-refractivity contribution in [1.82, 2.24) is 15.5 Å². The van der Waals surface area contributed by atoms with E-state index in [2.05, 4.69) is 5.32 Å². The Bertz CT molecular complexity index is 608. The minimum atomic E-state index is -1.60. The Labute approximate surface area is 156 Å². The van der Waals surface area contributed by atoms with Gasteiger partial charge in [-0.15, -0.1) is 0 Å². The molecule has 1 fully saturated rings. The maximum Gasteiger partial charge on any atom is 0.326 e. The van der Waals surface area contributed by atoms with Crippen LogP contribution in [0.2, 0.25) is 0 Å². The fourth-order valence-electron chi connectivity index (χ4n) is 2.68. The monoisotopic (exact) mass is 386 g/mol. The van der Waals surface area contributed by atoms with Crippen molar-refractivity contribution >= 4 is 29.7 Å². The Balaban J connectivity index is 2.59. The summed E-state index contributed by atoms with van der Waals surface area (Å²) < 4.78 is 0. The molecule has 0 aromatic heterocycles. The van der Waals surface area contributed by atoms with E-state index in [1.165, 1.54) is 4.90 Å². The maximum atomic E-state index is 12.4. The minimum Gasteiger partial charge on any atom is -0.481 e. The molecule has 0 saturated carbocycles. The predicted octanol–water partition coefficient (Wildman–Crippen LogP) is -1.88. The molecule has 1 rings (SSSR count). The van der Waals surface area contributed by atoms with Gasteiger partial charge in [0.15, 0.2) is 0 Å². The van der Waals surface area contributed by atoms with Crippen LogP contribution in [0.15, 0.2) is 0 Å². The lowest BCUT2D eigenvalue weighted by atomic mass is 10.0. The number of hydrogen-bond acceptors (Lipinski definition) is 6. The van der Waals surface area contributed by atoms with Gasteiger partial charge in [0.1, 0.15) is 12.1 Å². The minimum absolute atomic E-state index is 0.0882. The summed E-state index contributed by atoms with van der Waals surface area (Å²) in [7, 11) is 0. The molecule has 27 heavy (non-hydrogen) atoms. The number of likely N-dealkylation sites (tertiary alicyclic amines) is 1. The smallest absolute Gasteiger partial charge is 0.326 e. The molecule has 0 bridgehead atoms. The molecule has 1 aliphatic heterocycles. The maximum absolute atomic E-state index is 12.4. The van der Waals surface area contributed by atoms with Crippen molar-refractivity contribution < 1.29 is 34.2 Å². The van der Waals surface area contributed by atoms with Crippen LogP contribution in [0.5, 0.6) is 0 Å². The topological polar surface area (TPSA) is 179 Å². The molecule has 6 N–H and O–H groups in total. The average Bonchev–Trinajstić information content (AvgIpc) is 3.06. The Morgan fingerprint density at radius 2 is 1.81 bits per heavy atom. The zero-order valence-electron chi connectivity index (χ0n) is 15.3. The fraction of sp³-hybridized carbons (Fsp3) is 0.688. The lowest BCUT2D eigenvalue weighted by molar-refractivity contribution is -0.147. The Kier molecular flexibility index (Phi) is 8.16. The van der Waals surface area contributed by atoms with Gasteiger partial charge in [-0.05, 0) is 18.8 Å². The lowest BCUT2D eigenvalue weighted by Gasteiger charge is -2.28. The average molecular weight is 386 g/mol. The summed E-state index contributed by atoms with van der Waals surface area (Å²) in [5.74, 6) is -4.68. The highest BCUT2D eigenvalue weighted by Crippen LogP contribution is 2.19. The van der Waals surface area contributed by atoms with Crippen molar-refractivity contribution in [3.05, 3.63) is 0 Å². The van der Waals surface area contributed by atoms with Crippen molar-refractivity contribution in [1.29, 1.82) is 0 Å². The molecule has 1 saturated heterocycles. The first kappa shape index (κ1) is 22.4. The first-order valence-corrected chi connectivity index (χ1v) is 8.62. The fourth-order valence-corrected chi connectivity index (χ4v) is 2.68. The van der Waals surface area contributed by atoms with Gasteiger partial charge in [0.05, 0.1) is 19.0 Å². The Morgan fingerprint density at radius 1 is 1.19 bits per heavy atom. The normalized spacial score (nSPS) is 18.7. The van der Waals surface area contributed by atoms with Crippen LogP contribution in [0.4, 0.5) is 0 Å². The molecular formula is C16H26N4O7. The van der Waals surface area contributed by atoms with Crippen LogP contribution >= 0.6 is 0 Å². The molecule has 3 atom stereocenters. The zero-order valence-corrected chi connectivity index (χ0v) is 15.3. The number of amides is 3. The zero-order chi connectivity index (χ0) is 20.7. The number of carbonyl (C=O) groups is 5. The van der Waals surface area contributed by atoms with E-state index in [4.69, 9.17) is 15.9 Å². The molecule has 11 nitrogen and oxygen atoms in total. The van der Waals surface area contributed by atoms with Gasteiger partial charge in [-0.3, -0.25) is 19.2 Å². The molecule has 3 amide bonds. The highest BCUT2D eigenvalue weighted by Gasteiger charge is 2.37. The highest BCUT2D eigenvalue weighted by atomic mass is 16.4. The summed E-state index contributed by atoms with van der Waals surface area (Å²) in [5.41, 5.74) is 5.86. The van der Waals surface area contributed by atoms with Crippen LogP contribution in [0.25, 0.3) is 0 Å². The second-order valence-corrected chi connectivity index (χ2v) is 6.73. The number of aliphatic carboxylic acids is 2. The number of rotatable bonds is 9. The van der Waals surface area contributed by atoms with Crippen LogP contribution in [0.1, 0.15) is 33.1 Å². The summed E-state index contributed by atoms with van der Waals surface area (Å²) in [6, 6.07) is -3.07. The summed E-state index contributed by atoms with van der Waals surface area (Å²) in [4.78, 5) is 59.4. The van der Waals surface area contributed by atoms with Crippen LogP contribution in [0, 0.1) is 5.92 Å². The van der Waals surface area contributed by atoms with E-state index in [9.17, 15) is 24.0 Å². The van der Waals surface area contributed by atoms with Crippen LogP contribution < -0.4 is 16.4 Å². The molecule has 0 aromatic rings. The number of carbonyl (C=O) groups excluding carboxylic acids is 3. The highest BCUT2D eigenvalue weighted by molar-refractivity contribution is 5.93. The van der Waals surface area contributed by atoms with Crippen molar-refractivity contribution in [3.63, 3.8) is 0 Å². The van der Waals surface area contributed by atoms with Gasteiger partial charge in [-0.2, -0.15) is 0 Å². The summed E-state index contributed by atoms with van der Waals surface area (Å²) in [6.45, 7) is 3.46. The largest absolute Gasteiger partial charge is 0.481 e. The number of nitrogens with two attached hydrogens (primary N) is 1. The summed E-state index contributed by atoms with van der Waals surface area (Å²) in [6.07, 6.45) is 0.272. The van der Waals surface area contributed by atoms with E-state index in [-0.39, 0.29) is 11.8 Å². The molecule has 0 aliphatic carbocycles. The van der Waals surface area contributed by atoms with Gasteiger partial charge in [-0.1, -0.05) is 13.8 Å². The van der Waals surface area contributed by atoms with E-state index in [1.807, 2.05) is 5.32 Å². The van der Waals surface area contributed by atoms with Gasteiger partial charge < -0.3 is 31.5 Å². The molecule has 1 heterocycles. The second-order valence-electron chi connectivity index (χ2n) is 6.73. The molecular weight excluding hydrogens is 360 g/mol. The molecule has 11 heteroatoms. The molecule has 0 aromatic carbocycles. The standard InChI is InChI=1S/C16H26N4O7/c1-8(2)13(17)15(25)20-5-3-4-10(20)14(24)18-7-11(21)19-9(16(26)27)6-12(22)23/h8-10,13H,3-7,17H2,1-2H3,(H,18,24)(H,19,21)(H,22,23)(H,26,27). The van der Waals surface area contributed by atoms with Gasteiger partial charge in [0.25, 0.3) is 0 Å². The van der Waals surface area contributed by atoms with E-state index in [0.717, 1.165) is 0 Å². The molecule has 1 aliphatic rings. The molecule has 0 spiro atoms. The van der Waals surface area contributed by atoms with Crippen LogP contribution in [0.3, 0.4) is 0 Å². The first-order chi connectivity index (χ1) is 12.5. The van der Waals surface area contributed by atoms with Crippen molar-refractivity contribution in [2.75, 3.05) is 13.1 Å². The van der Waals surface area contributed by atoms with Gasteiger partial charge in [-0.25, -0.2) is 4.79 Å². The number of carboxylic acids is 2. The predicted molar refractivity (Wildman–Crippen MR) is 92.4 cm³/mol. The Hall–Kier alpha value is -2.69. The Morgan fingerprint density at radius 3 is 2.33 bits per heavy atom. The SMILES string of the molecule is CC(C)C(N)C(=O)N1CCCC1C(=O)NCC(=O)NC(CC(=O)O)C(=O)O. The third-order valence-electron chi connectivity index (χ3n) is 4.28. The second kappa shape index (κ2) is 9.86. The first-order valence-electron chi connectivity index (χ1n) is 8.62. The molecule has 152 valence electrons. The van der Waals surface area contributed by atoms with Gasteiger partial charge in [0.2, 0.25) is 17.7 Å². The van der Waals surface area contributed by atoms with Crippen molar-refractivity contribution in [3.8, 4) is 0 Å². The quantitative estimate of drug-likeness (QED) is 0.305. The number of nitrogens with one attached hydrogen (secondary N) is 2. The molecule has 0 radical (unpaired) electrons.